The highest BCUT2D eigenvalue weighted by molar-refractivity contribution is 9.25. The van der Waals surface area contributed by atoms with Gasteiger partial charge in [0, 0.05) is 4.47 Å². The minimum atomic E-state index is -1.48. The number of rotatable bonds is 2. The summed E-state index contributed by atoms with van der Waals surface area (Å²) < 4.78 is 12.0. The zero-order chi connectivity index (χ0) is 10.1. The van der Waals surface area contributed by atoms with Crippen molar-refractivity contribution < 1.29 is 9.18 Å². The van der Waals surface area contributed by atoms with Crippen LogP contribution in [0.15, 0.2) is 28.7 Å². The Bertz CT molecular complexity index is 321. The fourth-order valence-electron chi connectivity index (χ4n) is 0.773. The summed E-state index contributed by atoms with van der Waals surface area (Å²) in [4.78, 5) is 10.6. The van der Waals surface area contributed by atoms with Gasteiger partial charge in [-0.3, -0.25) is 4.79 Å². The van der Waals surface area contributed by atoms with E-state index in [1.54, 1.807) is 24.3 Å². The van der Waals surface area contributed by atoms with E-state index in [-0.39, 0.29) is 0 Å². The van der Waals surface area contributed by atoms with Crippen LogP contribution in [0, 0.1) is 0 Å². The van der Waals surface area contributed by atoms with Crippen LogP contribution in [-0.2, 0) is 8.03 Å². The third kappa shape index (κ3) is 2.60. The Balaban J connectivity index is 3.08. The van der Waals surface area contributed by atoms with Gasteiger partial charge in [0.05, 0.1) is 0 Å². The van der Waals surface area contributed by atoms with Gasteiger partial charge in [-0.05, 0) is 17.7 Å². The molecule has 0 atom stereocenters. The van der Waals surface area contributed by atoms with Crippen molar-refractivity contribution in [3.05, 3.63) is 34.3 Å². The molecule has 5 heteroatoms. The molecule has 1 aromatic carbocycles. The van der Waals surface area contributed by atoms with E-state index in [2.05, 4.69) is 47.8 Å². The molecule has 0 spiro atoms. The molecule has 0 heterocycles. The van der Waals surface area contributed by atoms with Crippen LogP contribution in [0.2, 0.25) is 0 Å². The van der Waals surface area contributed by atoms with Crippen LogP contribution in [0.4, 0.5) is 4.39 Å². The fourth-order valence-corrected chi connectivity index (χ4v) is 1.57. The summed E-state index contributed by atoms with van der Waals surface area (Å²) in [5, 5.41) is 0. The molecule has 0 radical (unpaired) electrons. The maximum atomic E-state index is 12.5. The smallest absolute Gasteiger partial charge is 0.258 e. The minimum absolute atomic E-state index is 0.517. The zero-order valence-corrected chi connectivity index (χ0v) is 11.0. The Kier molecular flexibility index (Phi) is 3.65. The standard InChI is InChI=1S/C8H4Br3FO/c9-6-3-1-5(2-4-6)8(10,11)7(12)13/h1-4H. The van der Waals surface area contributed by atoms with E-state index in [1.807, 2.05) is 0 Å². The highest BCUT2D eigenvalue weighted by Crippen LogP contribution is 2.39. The van der Waals surface area contributed by atoms with Gasteiger partial charge in [0.15, 0.2) is 3.23 Å². The van der Waals surface area contributed by atoms with Crippen LogP contribution in [0.5, 0.6) is 0 Å². The second kappa shape index (κ2) is 4.19. The Morgan fingerprint density at radius 1 is 1.23 bits per heavy atom. The van der Waals surface area contributed by atoms with E-state index in [9.17, 15) is 9.18 Å². The molecule has 70 valence electrons. The maximum Gasteiger partial charge on any atom is 0.333 e. The van der Waals surface area contributed by atoms with E-state index < -0.39 is 9.27 Å². The van der Waals surface area contributed by atoms with E-state index in [0.717, 1.165) is 4.47 Å². The minimum Gasteiger partial charge on any atom is -0.258 e. The van der Waals surface area contributed by atoms with Crippen molar-refractivity contribution in [3.63, 3.8) is 0 Å². The molecule has 0 unspecified atom stereocenters. The summed E-state index contributed by atoms with van der Waals surface area (Å²) in [7, 11) is 0. The predicted molar refractivity (Wildman–Crippen MR) is 59.8 cm³/mol. The lowest BCUT2D eigenvalue weighted by Crippen LogP contribution is -2.17. The van der Waals surface area contributed by atoms with Crippen molar-refractivity contribution in [1.82, 2.24) is 0 Å². The average Bonchev–Trinajstić information content (AvgIpc) is 2.04. The molecule has 0 aliphatic carbocycles. The lowest BCUT2D eigenvalue weighted by Gasteiger charge is -2.14. The van der Waals surface area contributed by atoms with Gasteiger partial charge in [-0.2, -0.15) is 4.39 Å². The van der Waals surface area contributed by atoms with Crippen molar-refractivity contribution in [2.45, 2.75) is 3.23 Å². The summed E-state index contributed by atoms with van der Waals surface area (Å²) in [5.41, 5.74) is 0.517. The molecule has 0 amide bonds. The predicted octanol–water partition coefficient (Wildman–Crippen LogP) is 3.89. The SMILES string of the molecule is O=C(F)C(Br)(Br)c1ccc(Br)cc1. The molecule has 0 fully saturated rings. The molecule has 1 aromatic rings. The highest BCUT2D eigenvalue weighted by Gasteiger charge is 2.34. The van der Waals surface area contributed by atoms with Crippen LogP contribution < -0.4 is 0 Å². The van der Waals surface area contributed by atoms with E-state index in [0.29, 0.717) is 5.56 Å². The fraction of sp³-hybridized carbons (Fsp3) is 0.125. The van der Waals surface area contributed by atoms with Gasteiger partial charge in [0.2, 0.25) is 0 Å². The average molecular weight is 375 g/mol. The van der Waals surface area contributed by atoms with Crippen molar-refractivity contribution >= 4 is 53.8 Å². The van der Waals surface area contributed by atoms with E-state index in [4.69, 9.17) is 0 Å². The number of carbonyl (C=O) groups excluding carboxylic acids is 1. The normalized spacial score (nSPS) is 11.4. The zero-order valence-electron chi connectivity index (χ0n) is 6.23. The molecule has 1 nitrogen and oxygen atoms in total. The third-order valence-electron chi connectivity index (χ3n) is 1.45. The highest BCUT2D eigenvalue weighted by atomic mass is 79.9. The summed E-state index contributed by atoms with van der Waals surface area (Å²) in [5.74, 6) is 0. The van der Waals surface area contributed by atoms with Gasteiger partial charge >= 0.3 is 6.04 Å². The number of carbonyl (C=O) groups is 1. The van der Waals surface area contributed by atoms with E-state index in [1.165, 1.54) is 0 Å². The molecule has 13 heavy (non-hydrogen) atoms. The first-order chi connectivity index (χ1) is 5.94. The Morgan fingerprint density at radius 3 is 2.08 bits per heavy atom. The van der Waals surface area contributed by atoms with Gasteiger partial charge < -0.3 is 0 Å². The van der Waals surface area contributed by atoms with Crippen LogP contribution in [0.1, 0.15) is 5.56 Å². The second-order valence-electron chi connectivity index (χ2n) is 2.35. The summed E-state index contributed by atoms with van der Waals surface area (Å²) >= 11 is 9.15. The first-order valence-electron chi connectivity index (χ1n) is 3.28. The topological polar surface area (TPSA) is 17.1 Å². The first-order valence-corrected chi connectivity index (χ1v) is 5.66. The van der Waals surface area contributed by atoms with Gasteiger partial charge in [-0.25, -0.2) is 0 Å². The van der Waals surface area contributed by atoms with Crippen molar-refractivity contribution in [1.29, 1.82) is 0 Å². The molecular formula is C8H4Br3FO. The van der Waals surface area contributed by atoms with Crippen LogP contribution in [-0.4, -0.2) is 6.04 Å². The first kappa shape index (κ1) is 11.3. The molecule has 0 saturated heterocycles. The Labute approximate surface area is 100 Å². The molecule has 0 bridgehead atoms. The lowest BCUT2D eigenvalue weighted by molar-refractivity contribution is -0.129. The summed E-state index contributed by atoms with van der Waals surface area (Å²) in [6, 6.07) is 5.27. The van der Waals surface area contributed by atoms with Gasteiger partial charge in [-0.15, -0.1) is 0 Å². The largest absolute Gasteiger partial charge is 0.333 e. The van der Waals surface area contributed by atoms with Gasteiger partial charge in [-0.1, -0.05) is 59.9 Å². The lowest BCUT2D eigenvalue weighted by atomic mass is 10.2. The Morgan fingerprint density at radius 2 is 1.69 bits per heavy atom. The van der Waals surface area contributed by atoms with Crippen molar-refractivity contribution in [3.8, 4) is 0 Å². The summed E-state index contributed by atoms with van der Waals surface area (Å²) in [6.07, 6.45) is 0. The second-order valence-corrected chi connectivity index (χ2v) is 6.71. The molecule has 0 aliphatic heterocycles. The molecule has 0 aromatic heterocycles. The maximum absolute atomic E-state index is 12.5. The molecule has 0 N–H and O–H groups in total. The number of hydrogen-bond donors (Lipinski definition) is 0. The molecule has 0 aliphatic rings. The molecule has 0 saturated carbocycles. The third-order valence-corrected chi connectivity index (χ3v) is 3.52. The quantitative estimate of drug-likeness (QED) is 0.567. The number of alkyl halides is 2. The van der Waals surface area contributed by atoms with Crippen LogP contribution >= 0.6 is 47.8 Å². The monoisotopic (exact) mass is 372 g/mol. The number of benzene rings is 1. The molecule has 1 rings (SSSR count). The van der Waals surface area contributed by atoms with E-state index >= 15 is 0 Å². The van der Waals surface area contributed by atoms with Crippen molar-refractivity contribution in [2.75, 3.05) is 0 Å². The molecular weight excluding hydrogens is 371 g/mol. The summed E-state index contributed by atoms with van der Waals surface area (Å²) in [6.45, 7) is 0. The van der Waals surface area contributed by atoms with Gasteiger partial charge in [0.1, 0.15) is 0 Å². The van der Waals surface area contributed by atoms with Crippen LogP contribution in [0.3, 0.4) is 0 Å². The number of hydrogen-bond acceptors (Lipinski definition) is 1. The van der Waals surface area contributed by atoms with Crippen molar-refractivity contribution in [2.24, 2.45) is 0 Å². The van der Waals surface area contributed by atoms with Crippen LogP contribution in [0.25, 0.3) is 0 Å². The Hall–Kier alpha value is 0.260. The number of halogens is 4. The van der Waals surface area contributed by atoms with Gasteiger partial charge in [0.25, 0.3) is 0 Å².